The number of carbonyl (C=O) groups is 1. The van der Waals surface area contributed by atoms with Crippen molar-refractivity contribution >= 4 is 45.7 Å². The predicted molar refractivity (Wildman–Crippen MR) is 142 cm³/mol. The lowest BCUT2D eigenvalue weighted by atomic mass is 10.1. The van der Waals surface area contributed by atoms with Crippen molar-refractivity contribution in [3.05, 3.63) is 88.0 Å². The van der Waals surface area contributed by atoms with Crippen molar-refractivity contribution in [1.82, 2.24) is 15.6 Å². The number of nitro benzene ring substituents is 1. The first kappa shape index (κ1) is 24.3. The highest BCUT2D eigenvalue weighted by Crippen LogP contribution is 2.30. The Bertz CT molecular complexity index is 1430. The van der Waals surface area contributed by atoms with Crippen LogP contribution in [0.3, 0.4) is 0 Å². The molecule has 1 aliphatic rings. The average Bonchev–Trinajstić information content (AvgIpc) is 3.37. The first-order valence-electron chi connectivity index (χ1n) is 11.6. The molecule has 0 saturated carbocycles. The molecule has 10 nitrogen and oxygen atoms in total. The molecule has 1 fully saturated rings. The number of nitrogens with zero attached hydrogens (tertiary/aromatic N) is 3. The van der Waals surface area contributed by atoms with Gasteiger partial charge in [0.05, 0.1) is 18.1 Å². The summed E-state index contributed by atoms with van der Waals surface area (Å²) in [7, 11) is 0. The van der Waals surface area contributed by atoms with Crippen molar-refractivity contribution < 1.29 is 18.9 Å². The molecule has 1 amide bonds. The van der Waals surface area contributed by atoms with E-state index in [1.165, 1.54) is 6.07 Å². The van der Waals surface area contributed by atoms with Crippen LogP contribution < -0.4 is 15.5 Å². The summed E-state index contributed by atoms with van der Waals surface area (Å²) in [6.07, 6.45) is 0. The Morgan fingerprint density at radius 3 is 2.57 bits per heavy atom. The van der Waals surface area contributed by atoms with E-state index in [9.17, 15) is 14.9 Å². The number of nitro groups is 1. The van der Waals surface area contributed by atoms with Crippen LogP contribution in [0.25, 0.3) is 22.6 Å². The van der Waals surface area contributed by atoms with Crippen molar-refractivity contribution in [3.63, 3.8) is 0 Å². The number of nitrogens with one attached hydrogen (secondary N) is 2. The highest BCUT2D eigenvalue weighted by molar-refractivity contribution is 7.80. The van der Waals surface area contributed by atoms with Gasteiger partial charge in [-0.05, 0) is 54.2 Å². The van der Waals surface area contributed by atoms with E-state index in [4.69, 9.17) is 21.4 Å². The lowest BCUT2D eigenvalue weighted by Gasteiger charge is -2.28. The molecule has 0 bridgehead atoms. The van der Waals surface area contributed by atoms with Crippen LogP contribution >= 0.6 is 12.2 Å². The summed E-state index contributed by atoms with van der Waals surface area (Å²) in [6.45, 7) is 2.48. The van der Waals surface area contributed by atoms with E-state index < -0.39 is 10.8 Å². The maximum Gasteiger partial charge on any atom is 0.293 e. The summed E-state index contributed by atoms with van der Waals surface area (Å²) < 4.78 is 11.1. The van der Waals surface area contributed by atoms with Crippen molar-refractivity contribution in [3.8, 4) is 11.5 Å². The molecule has 1 saturated heterocycles. The molecule has 5 rings (SSSR count). The van der Waals surface area contributed by atoms with Gasteiger partial charge in [-0.1, -0.05) is 24.3 Å². The molecule has 188 valence electrons. The molecule has 1 aliphatic heterocycles. The number of thiocarbonyl (C=S) groups is 1. The maximum absolute atomic E-state index is 12.7. The minimum Gasteiger partial charge on any atom is -0.436 e. The standard InChI is InChI=1S/C26H23N5O5S/c32-24(19-9-10-21(22(15-19)31(33)34)30-11-13-35-14-12-30)29-26(37)27-16-17-5-7-18(8-6-17)25-28-20-3-1-2-4-23(20)36-25/h1-10,15H,11-14,16H2,(H2,27,29,32,37). The van der Waals surface area contributed by atoms with E-state index in [2.05, 4.69) is 15.6 Å². The fraction of sp³-hybridized carbons (Fsp3) is 0.192. The van der Waals surface area contributed by atoms with Crippen LogP contribution in [-0.2, 0) is 11.3 Å². The van der Waals surface area contributed by atoms with Gasteiger partial charge in [-0.3, -0.25) is 20.2 Å². The molecule has 1 aromatic heterocycles. The molecule has 0 unspecified atom stereocenters. The van der Waals surface area contributed by atoms with E-state index in [-0.39, 0.29) is 16.4 Å². The zero-order valence-electron chi connectivity index (χ0n) is 19.7. The monoisotopic (exact) mass is 517 g/mol. The molecular formula is C26H23N5O5S. The number of anilines is 1. The number of benzene rings is 3. The minimum atomic E-state index is -0.527. The van der Waals surface area contributed by atoms with Crippen molar-refractivity contribution in [1.29, 1.82) is 0 Å². The summed E-state index contributed by atoms with van der Waals surface area (Å²) in [5, 5.41) is 17.3. The molecule has 2 N–H and O–H groups in total. The molecule has 11 heteroatoms. The minimum absolute atomic E-state index is 0.118. The van der Waals surface area contributed by atoms with E-state index >= 15 is 0 Å². The first-order valence-corrected chi connectivity index (χ1v) is 12.0. The molecule has 3 aromatic carbocycles. The Kier molecular flexibility index (Phi) is 7.06. The molecule has 37 heavy (non-hydrogen) atoms. The molecule has 0 aliphatic carbocycles. The zero-order valence-corrected chi connectivity index (χ0v) is 20.5. The molecule has 0 radical (unpaired) electrons. The van der Waals surface area contributed by atoms with Gasteiger partial charge >= 0.3 is 0 Å². The molecular weight excluding hydrogens is 494 g/mol. The van der Waals surface area contributed by atoms with Crippen molar-refractivity contribution in [2.75, 3.05) is 31.2 Å². The van der Waals surface area contributed by atoms with Crippen LogP contribution in [0, 0.1) is 10.1 Å². The SMILES string of the molecule is O=C(NC(=S)NCc1ccc(-c2nc3ccccc3o2)cc1)c1ccc(N2CCOCC2)c([N+](=O)[O-])c1. The summed E-state index contributed by atoms with van der Waals surface area (Å²) >= 11 is 5.26. The van der Waals surface area contributed by atoms with E-state index in [1.807, 2.05) is 53.4 Å². The normalized spacial score (nSPS) is 13.4. The maximum atomic E-state index is 12.7. The van der Waals surface area contributed by atoms with Gasteiger partial charge in [0.25, 0.3) is 11.6 Å². The highest BCUT2D eigenvalue weighted by Gasteiger charge is 2.23. The molecule has 0 atom stereocenters. The first-order chi connectivity index (χ1) is 18.0. The fourth-order valence-corrected chi connectivity index (χ4v) is 4.21. The molecule has 4 aromatic rings. The van der Waals surface area contributed by atoms with Crippen LogP contribution in [-0.4, -0.2) is 47.2 Å². The second-order valence-corrected chi connectivity index (χ2v) is 8.79. The van der Waals surface area contributed by atoms with Crippen LogP contribution in [0.4, 0.5) is 11.4 Å². The third kappa shape index (κ3) is 5.57. The number of oxazole rings is 1. The second kappa shape index (κ2) is 10.7. The third-order valence-corrected chi connectivity index (χ3v) is 6.21. The van der Waals surface area contributed by atoms with Gasteiger partial charge in [0.1, 0.15) is 11.2 Å². The van der Waals surface area contributed by atoms with E-state index in [0.717, 1.165) is 22.2 Å². The van der Waals surface area contributed by atoms with Gasteiger partial charge in [-0.25, -0.2) is 4.98 Å². The summed E-state index contributed by atoms with van der Waals surface area (Å²) in [5.74, 6) is 0.0117. The average molecular weight is 518 g/mol. The number of ether oxygens (including phenoxy) is 1. The molecule has 2 heterocycles. The summed E-state index contributed by atoms with van der Waals surface area (Å²) in [6, 6.07) is 19.6. The Labute approximate surface area is 217 Å². The number of rotatable bonds is 6. The van der Waals surface area contributed by atoms with Crippen LogP contribution in [0.5, 0.6) is 0 Å². The van der Waals surface area contributed by atoms with Gasteiger partial charge in [-0.2, -0.15) is 0 Å². The number of hydrogen-bond donors (Lipinski definition) is 2. The lowest BCUT2D eigenvalue weighted by Crippen LogP contribution is -2.39. The van der Waals surface area contributed by atoms with Crippen molar-refractivity contribution in [2.45, 2.75) is 6.54 Å². The number of amides is 1. The zero-order chi connectivity index (χ0) is 25.8. The van der Waals surface area contributed by atoms with Crippen molar-refractivity contribution in [2.24, 2.45) is 0 Å². The van der Waals surface area contributed by atoms with Gasteiger partial charge in [0.15, 0.2) is 10.7 Å². The number of fused-ring (bicyclic) bond motifs is 1. The summed E-state index contributed by atoms with van der Waals surface area (Å²) in [5.41, 5.74) is 3.78. The quantitative estimate of drug-likeness (QED) is 0.222. The predicted octanol–water partition coefficient (Wildman–Crippen LogP) is 4.04. The topological polar surface area (TPSA) is 123 Å². The third-order valence-electron chi connectivity index (χ3n) is 5.96. The smallest absolute Gasteiger partial charge is 0.293 e. The Morgan fingerprint density at radius 1 is 1.08 bits per heavy atom. The number of morpholine rings is 1. The Hall–Kier alpha value is -4.35. The largest absolute Gasteiger partial charge is 0.436 e. The number of aromatic nitrogens is 1. The summed E-state index contributed by atoms with van der Waals surface area (Å²) in [4.78, 5) is 30.2. The number of para-hydroxylation sites is 2. The van der Waals surface area contributed by atoms with Gasteiger partial charge in [0.2, 0.25) is 5.89 Å². The van der Waals surface area contributed by atoms with Gasteiger partial charge in [-0.15, -0.1) is 0 Å². The fourth-order valence-electron chi connectivity index (χ4n) is 4.05. The Morgan fingerprint density at radius 2 is 1.84 bits per heavy atom. The Balaban J connectivity index is 1.19. The van der Waals surface area contributed by atoms with Crippen LogP contribution in [0.1, 0.15) is 15.9 Å². The number of carbonyl (C=O) groups excluding carboxylic acids is 1. The van der Waals surface area contributed by atoms with E-state index in [1.54, 1.807) is 12.1 Å². The molecule has 0 spiro atoms. The lowest BCUT2D eigenvalue weighted by molar-refractivity contribution is -0.384. The van der Waals surface area contributed by atoms with Crippen LogP contribution in [0.2, 0.25) is 0 Å². The second-order valence-electron chi connectivity index (χ2n) is 8.38. The van der Waals surface area contributed by atoms with E-state index in [0.29, 0.717) is 44.4 Å². The number of hydrogen-bond acceptors (Lipinski definition) is 8. The van der Waals surface area contributed by atoms with Crippen LogP contribution in [0.15, 0.2) is 71.1 Å². The van der Waals surface area contributed by atoms with Gasteiger partial charge < -0.3 is 19.4 Å². The highest BCUT2D eigenvalue weighted by atomic mass is 32.1. The van der Waals surface area contributed by atoms with Gasteiger partial charge in [0, 0.05) is 36.8 Å².